The molecule has 1 aromatic carbocycles. The van der Waals surface area contributed by atoms with Crippen molar-refractivity contribution < 1.29 is 0 Å². The van der Waals surface area contributed by atoms with Gasteiger partial charge in [0.15, 0.2) is 0 Å². The summed E-state index contributed by atoms with van der Waals surface area (Å²) in [5.41, 5.74) is 2.19. The maximum Gasteiger partial charge on any atom is 0.203 e. The number of halogens is 1. The molecule has 0 aliphatic carbocycles. The third-order valence-electron chi connectivity index (χ3n) is 3.41. The standard InChI is InChI=1S/C13H16BrN3/c14-8-10-4-3-7-17(9-10)13-15-11-5-1-2-6-12(11)16-13/h1-2,5-6,10H,3-4,7-9H2,(H,15,16). The summed E-state index contributed by atoms with van der Waals surface area (Å²) in [5.74, 6) is 1.77. The lowest BCUT2D eigenvalue weighted by atomic mass is 10.0. The number of benzene rings is 1. The Kier molecular flexibility index (Phi) is 3.05. The van der Waals surface area contributed by atoms with E-state index >= 15 is 0 Å². The van der Waals surface area contributed by atoms with Crippen LogP contribution in [0.3, 0.4) is 0 Å². The van der Waals surface area contributed by atoms with Gasteiger partial charge in [0.05, 0.1) is 11.0 Å². The first-order valence-electron chi connectivity index (χ1n) is 6.12. The second-order valence-corrected chi connectivity index (χ2v) is 5.33. The molecule has 3 nitrogen and oxygen atoms in total. The van der Waals surface area contributed by atoms with Crippen molar-refractivity contribution in [3.63, 3.8) is 0 Å². The second-order valence-electron chi connectivity index (χ2n) is 4.69. The van der Waals surface area contributed by atoms with Crippen molar-refractivity contribution in [2.24, 2.45) is 5.92 Å². The molecule has 0 spiro atoms. The minimum atomic E-state index is 0.747. The number of rotatable bonds is 2. The van der Waals surface area contributed by atoms with Gasteiger partial charge in [-0.05, 0) is 30.9 Å². The number of H-pyrrole nitrogens is 1. The number of nitrogens with one attached hydrogen (secondary N) is 1. The van der Waals surface area contributed by atoms with E-state index in [-0.39, 0.29) is 0 Å². The van der Waals surface area contributed by atoms with Gasteiger partial charge >= 0.3 is 0 Å². The number of para-hydroxylation sites is 2. The number of aromatic amines is 1. The highest BCUT2D eigenvalue weighted by Gasteiger charge is 2.21. The van der Waals surface area contributed by atoms with Gasteiger partial charge in [-0.1, -0.05) is 28.1 Å². The van der Waals surface area contributed by atoms with Crippen LogP contribution >= 0.6 is 15.9 Å². The summed E-state index contributed by atoms with van der Waals surface area (Å²) in [6.07, 6.45) is 2.58. The average molecular weight is 294 g/mol. The van der Waals surface area contributed by atoms with Crippen LogP contribution in [0, 0.1) is 5.92 Å². The number of aromatic nitrogens is 2. The van der Waals surface area contributed by atoms with Crippen LogP contribution in [0.2, 0.25) is 0 Å². The van der Waals surface area contributed by atoms with Gasteiger partial charge < -0.3 is 9.88 Å². The van der Waals surface area contributed by atoms with Crippen molar-refractivity contribution in [2.45, 2.75) is 12.8 Å². The molecule has 1 atom stereocenters. The van der Waals surface area contributed by atoms with Gasteiger partial charge in [-0.2, -0.15) is 0 Å². The van der Waals surface area contributed by atoms with Gasteiger partial charge in [-0.15, -0.1) is 0 Å². The molecular formula is C13H16BrN3. The van der Waals surface area contributed by atoms with Gasteiger partial charge in [-0.25, -0.2) is 4.98 Å². The highest BCUT2D eigenvalue weighted by atomic mass is 79.9. The van der Waals surface area contributed by atoms with Crippen molar-refractivity contribution >= 4 is 32.9 Å². The summed E-state index contributed by atoms with van der Waals surface area (Å²) in [7, 11) is 0. The van der Waals surface area contributed by atoms with E-state index in [2.05, 4.69) is 42.9 Å². The number of hydrogen-bond donors (Lipinski definition) is 1. The van der Waals surface area contributed by atoms with E-state index < -0.39 is 0 Å². The molecule has 0 radical (unpaired) electrons. The SMILES string of the molecule is BrCC1CCCN(c2nc3ccccc3[nH]2)C1. The summed E-state index contributed by atoms with van der Waals surface area (Å²) in [6.45, 7) is 2.22. The zero-order valence-electron chi connectivity index (χ0n) is 9.69. The monoisotopic (exact) mass is 293 g/mol. The fourth-order valence-corrected chi connectivity index (χ4v) is 3.00. The third kappa shape index (κ3) is 2.18. The van der Waals surface area contributed by atoms with Crippen LogP contribution in [-0.2, 0) is 0 Å². The number of nitrogens with zero attached hydrogens (tertiary/aromatic N) is 2. The fourth-order valence-electron chi connectivity index (χ4n) is 2.47. The van der Waals surface area contributed by atoms with Gasteiger partial charge in [0.1, 0.15) is 0 Å². The van der Waals surface area contributed by atoms with Crippen LogP contribution in [0.25, 0.3) is 11.0 Å². The summed E-state index contributed by atoms with van der Waals surface area (Å²) in [6, 6.07) is 8.21. The molecule has 0 saturated carbocycles. The normalized spacial score (nSPS) is 21.0. The fraction of sp³-hybridized carbons (Fsp3) is 0.462. The van der Waals surface area contributed by atoms with Crippen LogP contribution in [0.1, 0.15) is 12.8 Å². The summed E-state index contributed by atoms with van der Waals surface area (Å²) >= 11 is 3.59. The van der Waals surface area contributed by atoms with Crippen molar-refractivity contribution in [2.75, 3.05) is 23.3 Å². The third-order valence-corrected chi connectivity index (χ3v) is 4.33. The second kappa shape index (κ2) is 4.69. The first-order chi connectivity index (χ1) is 8.36. The molecule has 90 valence electrons. The van der Waals surface area contributed by atoms with Gasteiger partial charge in [0.2, 0.25) is 5.95 Å². The molecule has 1 unspecified atom stereocenters. The molecule has 1 aromatic heterocycles. The van der Waals surface area contributed by atoms with Crippen molar-refractivity contribution in [3.05, 3.63) is 24.3 Å². The molecule has 17 heavy (non-hydrogen) atoms. The maximum absolute atomic E-state index is 4.66. The van der Waals surface area contributed by atoms with Gasteiger partial charge in [0.25, 0.3) is 0 Å². The molecule has 0 bridgehead atoms. The van der Waals surface area contributed by atoms with Gasteiger partial charge in [-0.3, -0.25) is 0 Å². The largest absolute Gasteiger partial charge is 0.342 e. The lowest BCUT2D eigenvalue weighted by molar-refractivity contribution is 0.451. The Bertz CT molecular complexity index is 475. The van der Waals surface area contributed by atoms with Crippen molar-refractivity contribution in [1.29, 1.82) is 0 Å². The van der Waals surface area contributed by atoms with Crippen LogP contribution in [0.5, 0.6) is 0 Å². The van der Waals surface area contributed by atoms with Crippen LogP contribution < -0.4 is 4.90 Å². The van der Waals surface area contributed by atoms with Gasteiger partial charge in [0, 0.05) is 18.4 Å². The van der Waals surface area contributed by atoms with E-state index in [0.717, 1.165) is 41.3 Å². The molecule has 2 heterocycles. The lowest BCUT2D eigenvalue weighted by Gasteiger charge is -2.31. The first kappa shape index (κ1) is 11.1. The molecular weight excluding hydrogens is 278 g/mol. The van der Waals surface area contributed by atoms with Crippen LogP contribution in [0.15, 0.2) is 24.3 Å². The quantitative estimate of drug-likeness (QED) is 0.863. The number of anilines is 1. The molecule has 4 heteroatoms. The maximum atomic E-state index is 4.66. The number of fused-ring (bicyclic) bond motifs is 1. The predicted molar refractivity (Wildman–Crippen MR) is 74.8 cm³/mol. The number of alkyl halides is 1. The number of imidazole rings is 1. The van der Waals surface area contributed by atoms with E-state index in [1.54, 1.807) is 0 Å². The summed E-state index contributed by atoms with van der Waals surface area (Å²) in [5, 5.41) is 1.09. The Morgan fingerprint density at radius 2 is 2.29 bits per heavy atom. The topological polar surface area (TPSA) is 31.9 Å². The van der Waals surface area contributed by atoms with Crippen molar-refractivity contribution in [1.82, 2.24) is 9.97 Å². The Hall–Kier alpha value is -1.03. The molecule has 1 saturated heterocycles. The molecule has 1 aliphatic heterocycles. The Morgan fingerprint density at radius 1 is 1.41 bits per heavy atom. The highest BCUT2D eigenvalue weighted by molar-refractivity contribution is 9.09. The summed E-state index contributed by atoms with van der Waals surface area (Å²) < 4.78 is 0. The molecule has 1 aliphatic rings. The Balaban J connectivity index is 1.87. The molecule has 1 N–H and O–H groups in total. The molecule has 2 aromatic rings. The lowest BCUT2D eigenvalue weighted by Crippen LogP contribution is -2.36. The number of hydrogen-bond acceptors (Lipinski definition) is 2. The number of piperidine rings is 1. The summed E-state index contributed by atoms with van der Waals surface area (Å²) in [4.78, 5) is 10.4. The zero-order chi connectivity index (χ0) is 11.7. The predicted octanol–water partition coefficient (Wildman–Crippen LogP) is 3.17. The minimum absolute atomic E-state index is 0.747. The Morgan fingerprint density at radius 3 is 3.12 bits per heavy atom. The molecule has 1 fully saturated rings. The van der Waals surface area contributed by atoms with E-state index in [1.807, 2.05) is 12.1 Å². The Labute approximate surface area is 109 Å². The molecule has 3 rings (SSSR count). The van der Waals surface area contributed by atoms with E-state index in [4.69, 9.17) is 0 Å². The van der Waals surface area contributed by atoms with Crippen molar-refractivity contribution in [3.8, 4) is 0 Å². The van der Waals surface area contributed by atoms with E-state index in [0.29, 0.717) is 0 Å². The van der Waals surface area contributed by atoms with E-state index in [1.165, 1.54) is 12.8 Å². The highest BCUT2D eigenvalue weighted by Crippen LogP contribution is 2.24. The zero-order valence-corrected chi connectivity index (χ0v) is 11.3. The minimum Gasteiger partial charge on any atom is -0.342 e. The van der Waals surface area contributed by atoms with E-state index in [9.17, 15) is 0 Å². The first-order valence-corrected chi connectivity index (χ1v) is 7.24. The van der Waals surface area contributed by atoms with Crippen LogP contribution in [0.4, 0.5) is 5.95 Å². The average Bonchev–Trinajstić information content (AvgIpc) is 2.82. The molecule has 0 amide bonds. The smallest absolute Gasteiger partial charge is 0.203 e. The van der Waals surface area contributed by atoms with Crippen LogP contribution in [-0.4, -0.2) is 28.4 Å².